The van der Waals surface area contributed by atoms with Gasteiger partial charge < -0.3 is 10.1 Å². The topological polar surface area (TPSA) is 84.5 Å². The maximum absolute atomic E-state index is 12.4. The molecule has 0 bridgehead atoms. The summed E-state index contributed by atoms with van der Waals surface area (Å²) in [6.07, 6.45) is 1.93. The predicted molar refractivity (Wildman–Crippen MR) is 105 cm³/mol. The number of halogens is 2. The second-order valence-corrected chi connectivity index (χ2v) is 8.63. The Kier molecular flexibility index (Phi) is 6.26. The normalized spacial score (nSPS) is 16.9. The first kappa shape index (κ1) is 19.9. The molecule has 144 valence electrons. The Bertz CT molecular complexity index is 927. The fourth-order valence-corrected chi connectivity index (χ4v) is 4.14. The van der Waals surface area contributed by atoms with Gasteiger partial charge in [-0.1, -0.05) is 23.2 Å². The second kappa shape index (κ2) is 8.48. The van der Waals surface area contributed by atoms with Crippen molar-refractivity contribution in [3.8, 4) is 0 Å². The molecule has 1 aliphatic heterocycles. The average molecular weight is 429 g/mol. The van der Waals surface area contributed by atoms with E-state index in [4.69, 9.17) is 27.9 Å². The third-order valence-corrected chi connectivity index (χ3v) is 6.07. The number of carbonyl (C=O) groups is 1. The number of hydrogen-bond donors (Lipinski definition) is 2. The highest BCUT2D eigenvalue weighted by molar-refractivity contribution is 7.92. The first-order chi connectivity index (χ1) is 12.8. The summed E-state index contributed by atoms with van der Waals surface area (Å²) in [7, 11) is -3.79. The van der Waals surface area contributed by atoms with Crippen molar-refractivity contribution in [3.63, 3.8) is 0 Å². The number of ether oxygens (including phenoxy) is 1. The molecule has 1 aliphatic rings. The van der Waals surface area contributed by atoms with Crippen molar-refractivity contribution in [3.05, 3.63) is 58.1 Å². The van der Waals surface area contributed by atoms with E-state index in [0.717, 1.165) is 12.8 Å². The Hall–Kier alpha value is -1.80. The van der Waals surface area contributed by atoms with Gasteiger partial charge in [0.05, 0.1) is 27.3 Å². The Morgan fingerprint density at radius 2 is 1.89 bits per heavy atom. The number of hydrogen-bond acceptors (Lipinski definition) is 4. The highest BCUT2D eigenvalue weighted by Gasteiger charge is 2.19. The fraction of sp³-hybridized carbons (Fsp3) is 0.278. The Balaban J connectivity index is 1.68. The van der Waals surface area contributed by atoms with Crippen molar-refractivity contribution >= 4 is 44.8 Å². The monoisotopic (exact) mass is 428 g/mol. The molecule has 1 heterocycles. The van der Waals surface area contributed by atoms with Gasteiger partial charge in [-0.25, -0.2) is 8.42 Å². The number of nitrogens with one attached hydrogen (secondary N) is 2. The molecule has 27 heavy (non-hydrogen) atoms. The molecule has 1 fully saturated rings. The largest absolute Gasteiger partial charge is 0.376 e. The van der Waals surface area contributed by atoms with Crippen molar-refractivity contribution in [2.45, 2.75) is 23.8 Å². The summed E-state index contributed by atoms with van der Waals surface area (Å²) < 4.78 is 32.7. The molecule has 0 unspecified atom stereocenters. The molecule has 0 radical (unpaired) electrons. The van der Waals surface area contributed by atoms with Crippen LogP contribution in [0.3, 0.4) is 0 Å². The minimum absolute atomic E-state index is 0.0261. The molecule has 2 N–H and O–H groups in total. The van der Waals surface area contributed by atoms with E-state index in [1.165, 1.54) is 42.5 Å². The summed E-state index contributed by atoms with van der Waals surface area (Å²) >= 11 is 11.9. The Labute approximate surface area is 167 Å². The molecular weight excluding hydrogens is 411 g/mol. The molecule has 9 heteroatoms. The van der Waals surface area contributed by atoms with E-state index >= 15 is 0 Å². The zero-order valence-electron chi connectivity index (χ0n) is 14.2. The molecular formula is C18H18Cl2N2O4S. The van der Waals surface area contributed by atoms with Gasteiger partial charge in [0.1, 0.15) is 0 Å². The molecule has 0 spiro atoms. The molecule has 1 atom stereocenters. The first-order valence-corrected chi connectivity index (χ1v) is 10.6. The van der Waals surface area contributed by atoms with Crippen LogP contribution in [0.1, 0.15) is 23.2 Å². The average Bonchev–Trinajstić information content (AvgIpc) is 3.13. The van der Waals surface area contributed by atoms with E-state index in [-0.39, 0.29) is 33.2 Å². The summed E-state index contributed by atoms with van der Waals surface area (Å²) in [5, 5.41) is 3.37. The quantitative estimate of drug-likeness (QED) is 0.734. The van der Waals surface area contributed by atoms with Crippen LogP contribution in [0, 0.1) is 0 Å². The second-order valence-electron chi connectivity index (χ2n) is 6.10. The van der Waals surface area contributed by atoms with E-state index in [9.17, 15) is 13.2 Å². The third kappa shape index (κ3) is 5.13. The van der Waals surface area contributed by atoms with Crippen LogP contribution in [0.4, 0.5) is 5.69 Å². The minimum atomic E-state index is -3.79. The van der Waals surface area contributed by atoms with Crippen molar-refractivity contribution in [1.82, 2.24) is 5.32 Å². The van der Waals surface area contributed by atoms with Crippen LogP contribution in [0.15, 0.2) is 47.4 Å². The highest BCUT2D eigenvalue weighted by Crippen LogP contribution is 2.24. The van der Waals surface area contributed by atoms with Crippen molar-refractivity contribution in [2.75, 3.05) is 17.9 Å². The third-order valence-electron chi connectivity index (χ3n) is 4.10. The minimum Gasteiger partial charge on any atom is -0.376 e. The molecule has 6 nitrogen and oxygen atoms in total. The van der Waals surface area contributed by atoms with Gasteiger partial charge in [0.15, 0.2) is 0 Å². The van der Waals surface area contributed by atoms with Crippen LogP contribution >= 0.6 is 23.2 Å². The highest BCUT2D eigenvalue weighted by atomic mass is 35.5. The standard InChI is InChI=1S/C18H18Cl2N2O4S/c19-12-3-6-15(7-4-12)27(24,25)22-13-5-8-16(17(20)10-13)18(23)21-11-14-2-1-9-26-14/h3-8,10,14,22H,1-2,9,11H2,(H,21,23)/t14-/m1/s1. The molecule has 1 saturated heterocycles. The maximum atomic E-state index is 12.4. The van der Waals surface area contributed by atoms with Gasteiger partial charge >= 0.3 is 0 Å². The zero-order chi connectivity index (χ0) is 19.4. The van der Waals surface area contributed by atoms with Gasteiger partial charge in [-0.05, 0) is 55.3 Å². The SMILES string of the molecule is O=C(NC[C@H]1CCCO1)c1ccc(NS(=O)(=O)c2ccc(Cl)cc2)cc1Cl. The summed E-state index contributed by atoms with van der Waals surface area (Å²) in [5.74, 6) is -0.331. The van der Waals surface area contributed by atoms with E-state index in [0.29, 0.717) is 18.2 Å². The smallest absolute Gasteiger partial charge is 0.261 e. The Morgan fingerprint density at radius 3 is 2.52 bits per heavy atom. The van der Waals surface area contributed by atoms with Gasteiger partial charge in [-0.3, -0.25) is 9.52 Å². The molecule has 3 rings (SSSR count). The molecule has 0 saturated carbocycles. The van der Waals surface area contributed by atoms with Gasteiger partial charge in [0.25, 0.3) is 15.9 Å². The lowest BCUT2D eigenvalue weighted by Crippen LogP contribution is -2.31. The van der Waals surface area contributed by atoms with Gasteiger partial charge in [-0.2, -0.15) is 0 Å². The van der Waals surface area contributed by atoms with Crippen LogP contribution in [-0.4, -0.2) is 33.6 Å². The lowest BCUT2D eigenvalue weighted by molar-refractivity contribution is 0.0858. The van der Waals surface area contributed by atoms with Crippen LogP contribution in [0.5, 0.6) is 0 Å². The van der Waals surface area contributed by atoms with E-state index in [1.807, 2.05) is 0 Å². The van der Waals surface area contributed by atoms with Crippen molar-refractivity contribution in [1.29, 1.82) is 0 Å². The van der Waals surface area contributed by atoms with Crippen LogP contribution in [0.2, 0.25) is 10.0 Å². The molecule has 1 amide bonds. The van der Waals surface area contributed by atoms with E-state index in [2.05, 4.69) is 10.0 Å². The lowest BCUT2D eigenvalue weighted by atomic mass is 10.2. The van der Waals surface area contributed by atoms with Gasteiger partial charge in [0, 0.05) is 18.2 Å². The number of anilines is 1. The number of rotatable bonds is 6. The van der Waals surface area contributed by atoms with Gasteiger partial charge in [-0.15, -0.1) is 0 Å². The van der Waals surface area contributed by atoms with Crippen molar-refractivity contribution < 1.29 is 17.9 Å². The first-order valence-electron chi connectivity index (χ1n) is 8.33. The summed E-state index contributed by atoms with van der Waals surface area (Å²) in [6, 6.07) is 10.1. The number of sulfonamides is 1. The molecule has 2 aromatic carbocycles. The van der Waals surface area contributed by atoms with Crippen LogP contribution in [-0.2, 0) is 14.8 Å². The van der Waals surface area contributed by atoms with E-state index < -0.39 is 10.0 Å². The molecule has 0 aromatic heterocycles. The summed E-state index contributed by atoms with van der Waals surface area (Å²) in [4.78, 5) is 12.3. The zero-order valence-corrected chi connectivity index (χ0v) is 16.6. The lowest BCUT2D eigenvalue weighted by Gasteiger charge is -2.13. The fourth-order valence-electron chi connectivity index (χ4n) is 2.70. The van der Waals surface area contributed by atoms with Crippen molar-refractivity contribution in [2.24, 2.45) is 0 Å². The molecule has 0 aliphatic carbocycles. The predicted octanol–water partition coefficient (Wildman–Crippen LogP) is 3.70. The molecule has 2 aromatic rings. The number of benzene rings is 2. The van der Waals surface area contributed by atoms with Crippen LogP contribution in [0.25, 0.3) is 0 Å². The number of carbonyl (C=O) groups excluding carboxylic acids is 1. The van der Waals surface area contributed by atoms with Gasteiger partial charge in [0.2, 0.25) is 0 Å². The Morgan fingerprint density at radius 1 is 1.15 bits per heavy atom. The van der Waals surface area contributed by atoms with Crippen LogP contribution < -0.4 is 10.0 Å². The summed E-state index contributed by atoms with van der Waals surface area (Å²) in [5.41, 5.74) is 0.523. The van der Waals surface area contributed by atoms with E-state index in [1.54, 1.807) is 0 Å². The maximum Gasteiger partial charge on any atom is 0.261 e. The number of amides is 1. The summed E-state index contributed by atoms with van der Waals surface area (Å²) in [6.45, 7) is 1.13.